The van der Waals surface area contributed by atoms with Crippen molar-refractivity contribution in [2.45, 2.75) is 47.3 Å². The Labute approximate surface area is 231 Å². The van der Waals surface area contributed by atoms with E-state index < -0.39 is 0 Å². The first-order chi connectivity index (χ1) is 18.9. The molecule has 0 aliphatic carbocycles. The van der Waals surface area contributed by atoms with Crippen molar-refractivity contribution in [1.29, 1.82) is 0 Å². The van der Waals surface area contributed by atoms with Gasteiger partial charge in [-0.05, 0) is 82.1 Å². The maximum absolute atomic E-state index is 12.5. The summed E-state index contributed by atoms with van der Waals surface area (Å²) in [5.74, 6) is 2.35. The van der Waals surface area contributed by atoms with Gasteiger partial charge in [0, 0.05) is 57.6 Å². The van der Waals surface area contributed by atoms with Crippen molar-refractivity contribution >= 4 is 11.7 Å². The third-order valence-electron chi connectivity index (χ3n) is 6.72. The van der Waals surface area contributed by atoms with Gasteiger partial charge in [0.2, 0.25) is 0 Å². The number of hydrogen-bond donors (Lipinski definition) is 0. The molecule has 9 nitrogen and oxygen atoms in total. The third kappa shape index (κ3) is 7.44. The summed E-state index contributed by atoms with van der Waals surface area (Å²) in [5, 5.41) is 8.59. The number of piperazine rings is 1. The molecule has 3 heterocycles. The first-order valence-electron chi connectivity index (χ1n) is 13.9. The molecule has 1 aromatic carbocycles. The third-order valence-corrected chi connectivity index (χ3v) is 6.72. The van der Waals surface area contributed by atoms with Gasteiger partial charge in [-0.2, -0.15) is 0 Å². The van der Waals surface area contributed by atoms with E-state index in [4.69, 9.17) is 9.47 Å². The van der Waals surface area contributed by atoms with Crippen molar-refractivity contribution in [3.05, 3.63) is 60.0 Å². The highest BCUT2D eigenvalue weighted by Crippen LogP contribution is 2.29. The van der Waals surface area contributed by atoms with Gasteiger partial charge in [-0.1, -0.05) is 0 Å². The van der Waals surface area contributed by atoms with Gasteiger partial charge in [-0.15, -0.1) is 10.2 Å². The van der Waals surface area contributed by atoms with E-state index in [0.717, 1.165) is 61.2 Å². The number of ether oxygens (including phenoxy) is 2. The average Bonchev–Trinajstić information content (AvgIpc) is 2.94. The first kappa shape index (κ1) is 28.3. The Balaban J connectivity index is 1.43. The van der Waals surface area contributed by atoms with Crippen LogP contribution in [0.4, 0.5) is 5.82 Å². The molecule has 208 valence electrons. The van der Waals surface area contributed by atoms with E-state index in [0.29, 0.717) is 25.4 Å². The van der Waals surface area contributed by atoms with Crippen LogP contribution in [0.15, 0.2) is 48.8 Å². The van der Waals surface area contributed by atoms with Crippen molar-refractivity contribution in [3.63, 3.8) is 0 Å². The van der Waals surface area contributed by atoms with E-state index >= 15 is 0 Å². The van der Waals surface area contributed by atoms with Crippen molar-refractivity contribution in [2.24, 2.45) is 0 Å². The minimum atomic E-state index is -0.0766. The van der Waals surface area contributed by atoms with Gasteiger partial charge in [0.25, 0.3) is 5.91 Å². The fourth-order valence-electron chi connectivity index (χ4n) is 4.76. The molecular weight excluding hydrogens is 492 g/mol. The molecule has 2 aromatic heterocycles. The van der Waals surface area contributed by atoms with Gasteiger partial charge in [0.05, 0.1) is 18.9 Å². The van der Waals surface area contributed by atoms with E-state index in [1.54, 1.807) is 17.2 Å². The van der Waals surface area contributed by atoms with E-state index in [2.05, 4.69) is 43.2 Å². The second kappa shape index (κ2) is 13.4. The lowest BCUT2D eigenvalue weighted by molar-refractivity contribution is 0.0766. The second-order valence-corrected chi connectivity index (χ2v) is 9.89. The fourth-order valence-corrected chi connectivity index (χ4v) is 4.76. The number of benzene rings is 1. The zero-order chi connectivity index (χ0) is 27.8. The lowest BCUT2D eigenvalue weighted by atomic mass is 10.0. The Morgan fingerprint density at radius 1 is 0.923 bits per heavy atom. The predicted molar refractivity (Wildman–Crippen MR) is 153 cm³/mol. The van der Waals surface area contributed by atoms with Gasteiger partial charge in [-0.25, -0.2) is 0 Å². The smallest absolute Gasteiger partial charge is 0.274 e. The van der Waals surface area contributed by atoms with Gasteiger partial charge in [0.1, 0.15) is 11.5 Å². The monoisotopic (exact) mass is 532 g/mol. The van der Waals surface area contributed by atoms with Crippen molar-refractivity contribution < 1.29 is 14.3 Å². The van der Waals surface area contributed by atoms with Crippen LogP contribution in [0.1, 0.15) is 50.7 Å². The molecule has 39 heavy (non-hydrogen) atoms. The van der Waals surface area contributed by atoms with Crippen molar-refractivity contribution in [1.82, 2.24) is 25.0 Å². The summed E-state index contributed by atoms with van der Waals surface area (Å²) in [6.07, 6.45) is 3.68. The van der Waals surface area contributed by atoms with Crippen LogP contribution < -0.4 is 14.4 Å². The summed E-state index contributed by atoms with van der Waals surface area (Å²) in [5.41, 5.74) is 3.65. The SMILES string of the molecule is CCOc1cncc(-c2cc(CN3CCN(c4ccc(C(=O)N(CC)CC)nn4)CC3)cc(OC(C)C)c2)c1. The number of carbonyl (C=O) groups is 1. The molecule has 4 rings (SSSR count). The molecule has 1 fully saturated rings. The van der Waals surface area contributed by atoms with Crippen LogP contribution in [0.5, 0.6) is 11.5 Å². The van der Waals surface area contributed by atoms with Crippen LogP contribution in [-0.2, 0) is 6.54 Å². The van der Waals surface area contributed by atoms with Crippen LogP contribution in [0.2, 0.25) is 0 Å². The van der Waals surface area contributed by atoms with E-state index in [-0.39, 0.29) is 12.0 Å². The topological polar surface area (TPSA) is 83.9 Å². The summed E-state index contributed by atoms with van der Waals surface area (Å²) in [7, 11) is 0. The van der Waals surface area contributed by atoms with E-state index in [1.807, 2.05) is 52.9 Å². The van der Waals surface area contributed by atoms with Crippen LogP contribution in [0.25, 0.3) is 11.1 Å². The second-order valence-electron chi connectivity index (χ2n) is 9.89. The predicted octanol–water partition coefficient (Wildman–Crippen LogP) is 4.53. The fraction of sp³-hybridized carbons (Fsp3) is 0.467. The quantitative estimate of drug-likeness (QED) is 0.356. The summed E-state index contributed by atoms with van der Waals surface area (Å²) in [6, 6.07) is 12.1. The van der Waals surface area contributed by atoms with Gasteiger partial charge < -0.3 is 19.3 Å². The number of pyridine rings is 1. The minimum absolute atomic E-state index is 0.0766. The zero-order valence-corrected chi connectivity index (χ0v) is 23.8. The highest BCUT2D eigenvalue weighted by Gasteiger charge is 2.21. The summed E-state index contributed by atoms with van der Waals surface area (Å²) in [4.78, 5) is 23.3. The standard InChI is InChI=1S/C30H40N6O3/c1-6-35(7-2)30(37)28-9-10-29(33-32-28)36-13-11-34(12-14-36)21-23-15-24(17-26(16-23)39-22(4)5)25-18-27(38-8-3)20-31-19-25/h9-10,15-20,22H,6-8,11-14,21H2,1-5H3. The molecule has 9 heteroatoms. The number of anilines is 1. The molecular formula is C30H40N6O3. The highest BCUT2D eigenvalue weighted by atomic mass is 16.5. The molecule has 0 bridgehead atoms. The van der Waals surface area contributed by atoms with E-state index in [1.165, 1.54) is 5.56 Å². The molecule has 0 N–H and O–H groups in total. The minimum Gasteiger partial charge on any atom is -0.492 e. The maximum Gasteiger partial charge on any atom is 0.274 e. The number of hydrogen-bond acceptors (Lipinski definition) is 8. The number of nitrogens with zero attached hydrogens (tertiary/aromatic N) is 6. The van der Waals surface area contributed by atoms with Crippen molar-refractivity contribution in [2.75, 3.05) is 50.8 Å². The molecule has 0 unspecified atom stereocenters. The molecule has 1 saturated heterocycles. The Kier molecular flexibility index (Phi) is 9.70. The van der Waals surface area contributed by atoms with Crippen LogP contribution in [0, 0.1) is 0 Å². The number of aromatic nitrogens is 3. The molecule has 3 aromatic rings. The first-order valence-corrected chi connectivity index (χ1v) is 13.9. The Morgan fingerprint density at radius 3 is 2.31 bits per heavy atom. The average molecular weight is 533 g/mol. The summed E-state index contributed by atoms with van der Waals surface area (Å²) < 4.78 is 11.8. The molecule has 1 aliphatic heterocycles. The summed E-state index contributed by atoms with van der Waals surface area (Å²) in [6.45, 7) is 16.2. The molecule has 1 amide bonds. The number of carbonyl (C=O) groups excluding carboxylic acids is 1. The lowest BCUT2D eigenvalue weighted by Gasteiger charge is -2.35. The van der Waals surface area contributed by atoms with Crippen LogP contribution >= 0.6 is 0 Å². The molecule has 0 atom stereocenters. The van der Waals surface area contributed by atoms with E-state index in [9.17, 15) is 4.79 Å². The highest BCUT2D eigenvalue weighted by molar-refractivity contribution is 5.92. The normalized spacial score (nSPS) is 13.9. The number of amides is 1. The number of rotatable bonds is 11. The molecule has 0 radical (unpaired) electrons. The van der Waals surface area contributed by atoms with Gasteiger partial charge in [0.15, 0.2) is 11.5 Å². The maximum atomic E-state index is 12.5. The molecule has 0 saturated carbocycles. The van der Waals surface area contributed by atoms with Crippen LogP contribution in [0.3, 0.4) is 0 Å². The Hall–Kier alpha value is -3.72. The van der Waals surface area contributed by atoms with Crippen molar-refractivity contribution in [3.8, 4) is 22.6 Å². The molecule has 0 spiro atoms. The van der Waals surface area contributed by atoms with Gasteiger partial charge >= 0.3 is 0 Å². The van der Waals surface area contributed by atoms with Crippen LogP contribution in [-0.4, -0.2) is 82.9 Å². The lowest BCUT2D eigenvalue weighted by Crippen LogP contribution is -2.46. The Bertz CT molecular complexity index is 1220. The largest absolute Gasteiger partial charge is 0.492 e. The Morgan fingerprint density at radius 2 is 1.67 bits per heavy atom. The van der Waals surface area contributed by atoms with Gasteiger partial charge in [-0.3, -0.25) is 14.7 Å². The summed E-state index contributed by atoms with van der Waals surface area (Å²) >= 11 is 0. The molecule has 1 aliphatic rings. The zero-order valence-electron chi connectivity index (χ0n) is 23.8.